The van der Waals surface area contributed by atoms with Crippen LogP contribution < -0.4 is 5.32 Å². The fraction of sp³-hybridized carbons (Fsp3) is 0.529. The van der Waals surface area contributed by atoms with Crippen LogP contribution in [0, 0.1) is 5.92 Å². The summed E-state index contributed by atoms with van der Waals surface area (Å²) in [6.07, 6.45) is -9.83. The van der Waals surface area contributed by atoms with Crippen molar-refractivity contribution in [2.45, 2.75) is 50.8 Å². The number of amides is 1. The lowest BCUT2D eigenvalue weighted by Crippen LogP contribution is -2.34. The second kappa shape index (κ2) is 7.03. The molecule has 0 bridgehead atoms. The van der Waals surface area contributed by atoms with Crippen LogP contribution in [-0.2, 0) is 17.1 Å². The van der Waals surface area contributed by atoms with Gasteiger partial charge in [0.1, 0.15) is 4.75 Å². The molecule has 1 amide bonds. The van der Waals surface area contributed by atoms with E-state index in [1.807, 2.05) is 13.8 Å². The number of hydrogen-bond donors (Lipinski definition) is 1. The summed E-state index contributed by atoms with van der Waals surface area (Å²) in [6, 6.07) is 0.492. The summed E-state index contributed by atoms with van der Waals surface area (Å²) < 4.78 is 77.1. The van der Waals surface area contributed by atoms with Gasteiger partial charge in [-0.05, 0) is 43.5 Å². The number of rotatable bonds is 3. The Kier molecular flexibility index (Phi) is 5.62. The predicted molar refractivity (Wildman–Crippen MR) is 91.3 cm³/mol. The molecule has 3 nitrogen and oxygen atoms in total. The molecule has 1 aliphatic heterocycles. The molecule has 1 aromatic rings. The van der Waals surface area contributed by atoms with Crippen molar-refractivity contribution in [2.75, 3.05) is 0 Å². The largest absolute Gasteiger partial charge is 0.416 e. The predicted octanol–water partition coefficient (Wildman–Crippen LogP) is 5.42. The zero-order valence-electron chi connectivity index (χ0n) is 14.9. The van der Waals surface area contributed by atoms with E-state index in [4.69, 9.17) is 0 Å². The summed E-state index contributed by atoms with van der Waals surface area (Å²) in [5, 5.41) is 2.93. The molecular weight excluding hydrogens is 394 g/mol. The molecule has 10 heteroatoms. The standard InChI is InChI=1S/C17H18F6N2OS/c1-8(2)15(4)13(26)25-14(27-15)24-9(3)10-5-11(16(18,19)20)7-12(6-10)17(21,22)23/h5-9H,1-4H3,(H,24,25,26)/t9-,15?/m0/s1. The van der Waals surface area contributed by atoms with Crippen molar-refractivity contribution < 1.29 is 31.1 Å². The molecule has 1 heterocycles. The van der Waals surface area contributed by atoms with Gasteiger partial charge < -0.3 is 5.32 Å². The Hall–Kier alpha value is -1.71. The third-order valence-corrected chi connectivity index (χ3v) is 5.96. The Morgan fingerprint density at radius 3 is 1.85 bits per heavy atom. The summed E-state index contributed by atoms with van der Waals surface area (Å²) in [5.74, 6) is -0.448. The van der Waals surface area contributed by atoms with Crippen LogP contribution in [0.2, 0.25) is 0 Å². The SMILES string of the molecule is CC(C)C1(C)SC(N[C@@H](C)c2cc(C(F)(F)F)cc(C(F)(F)F)c2)=NC1=O. The maximum atomic E-state index is 13.0. The quantitative estimate of drug-likeness (QED) is 0.674. The first kappa shape index (κ1) is 21.6. The minimum atomic E-state index is -4.92. The van der Waals surface area contributed by atoms with E-state index in [1.54, 1.807) is 6.92 Å². The Labute approximate surface area is 156 Å². The van der Waals surface area contributed by atoms with Crippen LogP contribution in [0.1, 0.15) is 50.4 Å². The maximum absolute atomic E-state index is 13.0. The minimum Gasteiger partial charge on any atom is -0.358 e. The van der Waals surface area contributed by atoms with Gasteiger partial charge in [-0.15, -0.1) is 0 Å². The van der Waals surface area contributed by atoms with Crippen LogP contribution in [-0.4, -0.2) is 15.8 Å². The van der Waals surface area contributed by atoms with Crippen molar-refractivity contribution in [3.63, 3.8) is 0 Å². The Morgan fingerprint density at radius 2 is 1.48 bits per heavy atom. The topological polar surface area (TPSA) is 41.5 Å². The average molecular weight is 412 g/mol. The molecule has 27 heavy (non-hydrogen) atoms. The molecule has 1 aliphatic rings. The molecule has 0 saturated heterocycles. The van der Waals surface area contributed by atoms with Gasteiger partial charge in [0.25, 0.3) is 5.91 Å². The summed E-state index contributed by atoms with van der Waals surface area (Å²) in [7, 11) is 0. The lowest BCUT2D eigenvalue weighted by molar-refractivity contribution is -0.143. The normalized spacial score (nSPS) is 22.2. The summed E-state index contributed by atoms with van der Waals surface area (Å²) in [6.45, 7) is 6.76. The zero-order valence-corrected chi connectivity index (χ0v) is 15.7. The third-order valence-electron chi connectivity index (χ3n) is 4.49. The molecule has 1 N–H and O–H groups in total. The van der Waals surface area contributed by atoms with E-state index < -0.39 is 40.2 Å². The van der Waals surface area contributed by atoms with E-state index in [9.17, 15) is 31.1 Å². The minimum absolute atomic E-state index is 0.0567. The van der Waals surface area contributed by atoms with Crippen LogP contribution in [0.25, 0.3) is 0 Å². The zero-order chi connectivity index (χ0) is 20.8. The van der Waals surface area contributed by atoms with E-state index >= 15 is 0 Å². The lowest BCUT2D eigenvalue weighted by Gasteiger charge is -2.25. The summed E-state index contributed by atoms with van der Waals surface area (Å²) >= 11 is 1.12. The van der Waals surface area contributed by atoms with Gasteiger partial charge in [0, 0.05) is 0 Å². The number of thioether (sulfide) groups is 1. The smallest absolute Gasteiger partial charge is 0.358 e. The molecule has 0 aliphatic carbocycles. The van der Waals surface area contributed by atoms with Crippen molar-refractivity contribution in [2.24, 2.45) is 10.9 Å². The number of alkyl halides is 6. The molecule has 1 aromatic carbocycles. The van der Waals surface area contributed by atoms with Crippen LogP contribution in [0.4, 0.5) is 26.3 Å². The number of nitrogens with zero attached hydrogens (tertiary/aromatic N) is 1. The van der Waals surface area contributed by atoms with Crippen molar-refractivity contribution >= 4 is 22.8 Å². The van der Waals surface area contributed by atoms with Crippen LogP contribution in [0.5, 0.6) is 0 Å². The monoisotopic (exact) mass is 412 g/mol. The molecule has 2 rings (SSSR count). The first-order valence-corrected chi connectivity index (χ1v) is 8.84. The van der Waals surface area contributed by atoms with Crippen molar-refractivity contribution in [3.05, 3.63) is 34.9 Å². The Morgan fingerprint density at radius 1 is 1.00 bits per heavy atom. The second-order valence-electron chi connectivity index (χ2n) is 6.79. The Bertz CT molecular complexity index is 739. The molecule has 150 valence electrons. The van der Waals surface area contributed by atoms with Crippen LogP contribution in [0.15, 0.2) is 23.2 Å². The molecule has 0 saturated carbocycles. The highest BCUT2D eigenvalue weighted by Crippen LogP contribution is 2.41. The number of nitrogens with one attached hydrogen (secondary N) is 1. The number of halogens is 6. The van der Waals surface area contributed by atoms with Gasteiger partial charge in [-0.3, -0.25) is 4.79 Å². The fourth-order valence-electron chi connectivity index (χ4n) is 2.39. The summed E-state index contributed by atoms with van der Waals surface area (Å²) in [4.78, 5) is 15.9. The van der Waals surface area contributed by atoms with Crippen molar-refractivity contribution in [1.82, 2.24) is 5.32 Å². The number of carbonyl (C=O) groups is 1. The van der Waals surface area contributed by atoms with E-state index in [2.05, 4.69) is 10.3 Å². The van der Waals surface area contributed by atoms with Gasteiger partial charge in [0.05, 0.1) is 17.2 Å². The molecule has 2 atom stereocenters. The average Bonchev–Trinajstić information content (AvgIpc) is 2.80. The number of aliphatic imine (C=N–C) groups is 1. The van der Waals surface area contributed by atoms with Crippen molar-refractivity contribution in [1.29, 1.82) is 0 Å². The number of hydrogen-bond acceptors (Lipinski definition) is 3. The maximum Gasteiger partial charge on any atom is 0.416 e. The van der Waals surface area contributed by atoms with Gasteiger partial charge in [-0.25, -0.2) is 0 Å². The van der Waals surface area contributed by atoms with Gasteiger partial charge in [-0.1, -0.05) is 25.6 Å². The highest BCUT2D eigenvalue weighted by Gasteiger charge is 2.44. The summed E-state index contributed by atoms with van der Waals surface area (Å²) in [5.41, 5.74) is -2.97. The second-order valence-corrected chi connectivity index (χ2v) is 8.23. The lowest BCUT2D eigenvalue weighted by atomic mass is 9.96. The van der Waals surface area contributed by atoms with Crippen LogP contribution in [0.3, 0.4) is 0 Å². The van der Waals surface area contributed by atoms with Gasteiger partial charge in [-0.2, -0.15) is 31.3 Å². The highest BCUT2D eigenvalue weighted by atomic mass is 32.2. The molecule has 0 fully saturated rings. The first-order valence-electron chi connectivity index (χ1n) is 8.02. The third kappa shape index (κ3) is 4.59. The molecule has 1 unspecified atom stereocenters. The molecule has 0 spiro atoms. The molecule has 0 aromatic heterocycles. The van der Waals surface area contributed by atoms with E-state index in [0.29, 0.717) is 12.1 Å². The fourth-order valence-corrected chi connectivity index (χ4v) is 3.53. The van der Waals surface area contributed by atoms with E-state index in [-0.39, 0.29) is 22.7 Å². The van der Waals surface area contributed by atoms with Gasteiger partial charge in [0.2, 0.25) is 0 Å². The van der Waals surface area contributed by atoms with E-state index in [0.717, 1.165) is 11.8 Å². The number of amidine groups is 1. The van der Waals surface area contributed by atoms with E-state index in [1.165, 1.54) is 6.92 Å². The van der Waals surface area contributed by atoms with Gasteiger partial charge >= 0.3 is 12.4 Å². The first-order chi connectivity index (χ1) is 12.1. The van der Waals surface area contributed by atoms with Gasteiger partial charge in [0.15, 0.2) is 5.17 Å². The molecular formula is C17H18F6N2OS. The molecule has 0 radical (unpaired) electrons. The Balaban J connectivity index is 2.33. The van der Waals surface area contributed by atoms with Crippen molar-refractivity contribution in [3.8, 4) is 0 Å². The highest BCUT2D eigenvalue weighted by molar-refractivity contribution is 8.16. The number of benzene rings is 1. The number of carbonyl (C=O) groups excluding carboxylic acids is 1. The van der Waals surface area contributed by atoms with Crippen LogP contribution >= 0.6 is 11.8 Å².